The molecule has 0 aromatic heterocycles. The van der Waals surface area contributed by atoms with Gasteiger partial charge in [0, 0.05) is 13.1 Å². The maximum atomic E-state index is 13.0. The van der Waals surface area contributed by atoms with Crippen LogP contribution in [0.2, 0.25) is 0 Å². The number of carboxylic acids is 1. The Morgan fingerprint density at radius 1 is 1.40 bits per heavy atom. The predicted octanol–water partition coefficient (Wildman–Crippen LogP) is -0.130. The summed E-state index contributed by atoms with van der Waals surface area (Å²) in [7, 11) is 0. The topological polar surface area (TPSA) is 98.7 Å². The van der Waals surface area contributed by atoms with Crippen molar-refractivity contribution >= 4 is 11.9 Å². The van der Waals surface area contributed by atoms with E-state index in [9.17, 15) is 27.9 Å². The van der Waals surface area contributed by atoms with Gasteiger partial charge in [-0.25, -0.2) is 0 Å². The van der Waals surface area contributed by atoms with E-state index in [4.69, 9.17) is 5.11 Å². The van der Waals surface area contributed by atoms with E-state index in [1.54, 1.807) is 0 Å². The molecule has 1 amide bonds. The normalized spacial score (nSPS) is 26.1. The van der Waals surface area contributed by atoms with E-state index in [1.165, 1.54) is 0 Å². The molecule has 116 valence electrons. The molecule has 1 fully saturated rings. The second-order valence-corrected chi connectivity index (χ2v) is 5.26. The Morgan fingerprint density at radius 2 is 2.00 bits per heavy atom. The van der Waals surface area contributed by atoms with E-state index >= 15 is 0 Å². The third kappa shape index (κ3) is 3.60. The lowest BCUT2D eigenvalue weighted by Gasteiger charge is -2.31. The van der Waals surface area contributed by atoms with Gasteiger partial charge in [-0.3, -0.25) is 9.59 Å². The van der Waals surface area contributed by atoms with Gasteiger partial charge in [0.05, 0.1) is 12.0 Å². The summed E-state index contributed by atoms with van der Waals surface area (Å²) in [6.07, 6.45) is -5.77. The summed E-state index contributed by atoms with van der Waals surface area (Å²) in [5.41, 5.74) is -4.33. The molecule has 2 unspecified atom stereocenters. The number of aliphatic hydroxyl groups is 1. The zero-order chi connectivity index (χ0) is 15.6. The van der Waals surface area contributed by atoms with Crippen molar-refractivity contribution < 1.29 is 33.0 Å². The van der Waals surface area contributed by atoms with Crippen molar-refractivity contribution in [2.75, 3.05) is 19.6 Å². The Labute approximate surface area is 113 Å². The molecule has 2 atom stereocenters. The van der Waals surface area contributed by atoms with Crippen LogP contribution in [0.4, 0.5) is 13.2 Å². The molecule has 0 aromatic carbocycles. The summed E-state index contributed by atoms with van der Waals surface area (Å²) in [4.78, 5) is 22.3. The van der Waals surface area contributed by atoms with E-state index < -0.39 is 48.6 Å². The maximum absolute atomic E-state index is 13.0. The molecule has 1 rings (SSSR count). The first kappa shape index (κ1) is 16.7. The smallest absolute Gasteiger partial charge is 0.404 e. The van der Waals surface area contributed by atoms with Crippen LogP contribution in [0.5, 0.6) is 0 Å². The Balaban J connectivity index is 2.72. The number of amides is 1. The largest absolute Gasteiger partial charge is 0.481 e. The molecule has 0 aromatic rings. The van der Waals surface area contributed by atoms with Crippen molar-refractivity contribution in [3.8, 4) is 0 Å². The van der Waals surface area contributed by atoms with Gasteiger partial charge in [-0.05, 0) is 19.9 Å². The lowest BCUT2D eigenvalue weighted by Crippen LogP contribution is -2.54. The highest BCUT2D eigenvalue weighted by Crippen LogP contribution is 2.43. The molecule has 6 nitrogen and oxygen atoms in total. The van der Waals surface area contributed by atoms with Crippen molar-refractivity contribution in [2.45, 2.75) is 31.5 Å². The number of aliphatic carboxylic acids is 1. The molecule has 1 aliphatic rings. The van der Waals surface area contributed by atoms with Crippen molar-refractivity contribution in [2.24, 2.45) is 5.41 Å². The highest BCUT2D eigenvalue weighted by Gasteiger charge is 2.61. The van der Waals surface area contributed by atoms with Gasteiger partial charge >= 0.3 is 12.1 Å². The fraction of sp³-hybridized carbons (Fsp3) is 0.818. The molecule has 1 saturated heterocycles. The third-order valence-corrected chi connectivity index (χ3v) is 3.29. The summed E-state index contributed by atoms with van der Waals surface area (Å²) in [5.74, 6) is -2.56. The number of alkyl halides is 3. The minimum Gasteiger partial charge on any atom is -0.481 e. The van der Waals surface area contributed by atoms with Gasteiger partial charge in [-0.15, -0.1) is 0 Å². The minimum absolute atomic E-state index is 0.0679. The van der Waals surface area contributed by atoms with Gasteiger partial charge in [-0.1, -0.05) is 0 Å². The fourth-order valence-electron chi connectivity index (χ4n) is 2.08. The monoisotopic (exact) mass is 298 g/mol. The summed E-state index contributed by atoms with van der Waals surface area (Å²) >= 11 is 0. The molecule has 0 saturated carbocycles. The van der Waals surface area contributed by atoms with Gasteiger partial charge in [0.2, 0.25) is 5.91 Å². The van der Waals surface area contributed by atoms with Crippen molar-refractivity contribution in [3.63, 3.8) is 0 Å². The van der Waals surface area contributed by atoms with Crippen LogP contribution in [0.1, 0.15) is 19.8 Å². The summed E-state index contributed by atoms with van der Waals surface area (Å²) in [6.45, 7) is 0.117. The predicted molar refractivity (Wildman–Crippen MR) is 61.9 cm³/mol. The van der Waals surface area contributed by atoms with Crippen LogP contribution in [-0.2, 0) is 9.59 Å². The molecule has 0 aliphatic carbocycles. The fourth-order valence-corrected chi connectivity index (χ4v) is 2.08. The first-order valence-electron chi connectivity index (χ1n) is 6.00. The van der Waals surface area contributed by atoms with Gasteiger partial charge in [0.15, 0.2) is 5.41 Å². The molecule has 0 radical (unpaired) electrons. The first-order valence-corrected chi connectivity index (χ1v) is 6.00. The van der Waals surface area contributed by atoms with Gasteiger partial charge in [0.25, 0.3) is 0 Å². The lowest BCUT2D eigenvalue weighted by molar-refractivity contribution is -0.216. The van der Waals surface area contributed by atoms with E-state index in [0.717, 1.165) is 6.92 Å². The van der Waals surface area contributed by atoms with E-state index in [-0.39, 0.29) is 13.0 Å². The first-order chi connectivity index (χ1) is 9.00. The highest BCUT2D eigenvalue weighted by molar-refractivity contribution is 5.84. The van der Waals surface area contributed by atoms with Gasteiger partial charge in [0.1, 0.15) is 0 Å². The van der Waals surface area contributed by atoms with Crippen LogP contribution in [0.3, 0.4) is 0 Å². The highest BCUT2D eigenvalue weighted by atomic mass is 19.4. The van der Waals surface area contributed by atoms with Crippen LogP contribution in [0.25, 0.3) is 0 Å². The molecule has 1 heterocycles. The number of carbonyl (C=O) groups is 2. The van der Waals surface area contributed by atoms with Crippen LogP contribution in [-0.4, -0.2) is 53.5 Å². The van der Waals surface area contributed by atoms with Crippen LogP contribution in [0.15, 0.2) is 0 Å². The summed E-state index contributed by atoms with van der Waals surface area (Å²) < 4.78 is 39.1. The number of nitrogens with one attached hydrogen (secondary N) is 2. The molecular formula is C11H17F3N2O4. The zero-order valence-electron chi connectivity index (χ0n) is 10.9. The van der Waals surface area contributed by atoms with Crippen LogP contribution in [0, 0.1) is 5.41 Å². The number of hydrogen-bond acceptors (Lipinski definition) is 4. The maximum Gasteiger partial charge on any atom is 0.404 e. The molecule has 0 bridgehead atoms. The summed E-state index contributed by atoms with van der Waals surface area (Å²) in [6, 6.07) is 0. The van der Waals surface area contributed by atoms with E-state index in [2.05, 4.69) is 5.32 Å². The standard InChI is InChI=1S/C11H17F3N2O4/c1-9(20,4-7(17)18)5-16-8(19)10(11(12,13)14)2-3-15-6-10/h15,20H,2-6H2,1H3,(H,16,19)(H,17,18). The van der Waals surface area contributed by atoms with Gasteiger partial charge < -0.3 is 20.8 Å². The number of hydrogen-bond donors (Lipinski definition) is 4. The average molecular weight is 298 g/mol. The molecule has 0 spiro atoms. The second kappa shape index (κ2) is 5.57. The van der Waals surface area contributed by atoms with Crippen LogP contribution < -0.4 is 10.6 Å². The van der Waals surface area contributed by atoms with Crippen molar-refractivity contribution in [1.82, 2.24) is 10.6 Å². The molecule has 1 aliphatic heterocycles. The number of halogens is 3. The zero-order valence-corrected chi connectivity index (χ0v) is 10.9. The molecule has 4 N–H and O–H groups in total. The minimum atomic E-state index is -4.71. The third-order valence-electron chi connectivity index (χ3n) is 3.29. The lowest BCUT2D eigenvalue weighted by atomic mass is 9.85. The molecule has 20 heavy (non-hydrogen) atoms. The number of carbonyl (C=O) groups excluding carboxylic acids is 1. The van der Waals surface area contributed by atoms with Gasteiger partial charge in [-0.2, -0.15) is 13.2 Å². The number of carboxylic acid groups (broad SMARTS) is 1. The Kier molecular flexibility index (Phi) is 4.65. The molecular weight excluding hydrogens is 281 g/mol. The quantitative estimate of drug-likeness (QED) is 0.567. The average Bonchev–Trinajstić information content (AvgIpc) is 2.73. The van der Waals surface area contributed by atoms with Crippen molar-refractivity contribution in [3.05, 3.63) is 0 Å². The van der Waals surface area contributed by atoms with Crippen molar-refractivity contribution in [1.29, 1.82) is 0 Å². The second-order valence-electron chi connectivity index (χ2n) is 5.26. The Bertz CT molecular complexity index is 390. The van der Waals surface area contributed by atoms with E-state index in [0.29, 0.717) is 0 Å². The van der Waals surface area contributed by atoms with Crippen LogP contribution >= 0.6 is 0 Å². The van der Waals surface area contributed by atoms with E-state index in [1.807, 2.05) is 5.32 Å². The molecule has 9 heteroatoms. The summed E-state index contributed by atoms with van der Waals surface area (Å²) in [5, 5.41) is 22.7. The Hall–Kier alpha value is -1.35. The SMILES string of the molecule is CC(O)(CNC(=O)C1(C(F)(F)F)CCNC1)CC(=O)O. The Morgan fingerprint density at radius 3 is 2.40 bits per heavy atom. The number of rotatable bonds is 5.